The molecule has 0 saturated heterocycles. The monoisotopic (exact) mass is 267 g/mol. The van der Waals surface area contributed by atoms with Gasteiger partial charge in [0.05, 0.1) is 0 Å². The van der Waals surface area contributed by atoms with Crippen LogP contribution in [-0.4, -0.2) is 12.6 Å². The Kier molecular flexibility index (Phi) is 3.17. The molecule has 0 aliphatic heterocycles. The van der Waals surface area contributed by atoms with Crippen LogP contribution in [0.15, 0.2) is 28.7 Å². The molecule has 1 aliphatic rings. The van der Waals surface area contributed by atoms with E-state index in [1.807, 2.05) is 0 Å². The lowest BCUT2D eigenvalue weighted by molar-refractivity contribution is 0.519. The minimum atomic E-state index is 0.407. The molecule has 0 bridgehead atoms. The lowest BCUT2D eigenvalue weighted by atomic mass is 9.96. The topological polar surface area (TPSA) is 12.0 Å². The second-order valence-corrected chi connectivity index (χ2v) is 5.65. The standard InChI is InChI=1S/C13H18BrN/c1-10(2)15-9-13(7-8-13)11-5-3-4-6-12(11)14/h3-6,10,15H,7-9H2,1-2H3. The van der Waals surface area contributed by atoms with E-state index in [1.165, 1.54) is 22.9 Å². The van der Waals surface area contributed by atoms with Gasteiger partial charge < -0.3 is 5.32 Å². The zero-order chi connectivity index (χ0) is 10.9. The first-order valence-electron chi connectivity index (χ1n) is 5.62. The second kappa shape index (κ2) is 4.26. The molecule has 1 fully saturated rings. The fourth-order valence-electron chi connectivity index (χ4n) is 1.98. The van der Waals surface area contributed by atoms with E-state index in [1.54, 1.807) is 0 Å². The molecule has 0 radical (unpaired) electrons. The van der Waals surface area contributed by atoms with Crippen LogP contribution in [0.1, 0.15) is 32.3 Å². The van der Waals surface area contributed by atoms with E-state index in [-0.39, 0.29) is 0 Å². The van der Waals surface area contributed by atoms with Gasteiger partial charge in [0.2, 0.25) is 0 Å². The zero-order valence-electron chi connectivity index (χ0n) is 9.39. The fourth-order valence-corrected chi connectivity index (χ4v) is 2.69. The van der Waals surface area contributed by atoms with Crippen LogP contribution < -0.4 is 5.32 Å². The van der Waals surface area contributed by atoms with Crippen LogP contribution in [0.25, 0.3) is 0 Å². The third kappa shape index (κ3) is 2.43. The van der Waals surface area contributed by atoms with Gasteiger partial charge in [-0.3, -0.25) is 0 Å². The van der Waals surface area contributed by atoms with Crippen molar-refractivity contribution in [1.29, 1.82) is 0 Å². The Bertz CT molecular complexity index is 342. The van der Waals surface area contributed by atoms with Crippen molar-refractivity contribution in [2.75, 3.05) is 6.54 Å². The molecule has 1 aliphatic carbocycles. The second-order valence-electron chi connectivity index (χ2n) is 4.80. The van der Waals surface area contributed by atoms with E-state index in [0.29, 0.717) is 11.5 Å². The normalized spacial score (nSPS) is 18.1. The first-order chi connectivity index (χ1) is 7.14. The van der Waals surface area contributed by atoms with Crippen molar-refractivity contribution in [3.8, 4) is 0 Å². The van der Waals surface area contributed by atoms with Gasteiger partial charge in [0, 0.05) is 22.5 Å². The van der Waals surface area contributed by atoms with E-state index in [9.17, 15) is 0 Å². The highest BCUT2D eigenvalue weighted by molar-refractivity contribution is 9.10. The summed E-state index contributed by atoms with van der Waals surface area (Å²) in [4.78, 5) is 0. The molecule has 0 atom stereocenters. The average Bonchev–Trinajstić information content (AvgIpc) is 2.97. The first kappa shape index (κ1) is 11.2. The van der Waals surface area contributed by atoms with Crippen molar-refractivity contribution in [1.82, 2.24) is 5.32 Å². The molecule has 0 unspecified atom stereocenters. The molecule has 1 nitrogen and oxygen atoms in total. The molecule has 0 heterocycles. The van der Waals surface area contributed by atoms with E-state index >= 15 is 0 Å². The summed E-state index contributed by atoms with van der Waals surface area (Å²) >= 11 is 3.65. The van der Waals surface area contributed by atoms with Crippen LogP contribution >= 0.6 is 15.9 Å². The predicted molar refractivity (Wildman–Crippen MR) is 68.2 cm³/mol. The highest BCUT2D eigenvalue weighted by Crippen LogP contribution is 2.49. The minimum Gasteiger partial charge on any atom is -0.314 e. The van der Waals surface area contributed by atoms with Crippen molar-refractivity contribution < 1.29 is 0 Å². The Morgan fingerprint density at radius 3 is 2.53 bits per heavy atom. The van der Waals surface area contributed by atoms with E-state index in [4.69, 9.17) is 0 Å². The van der Waals surface area contributed by atoms with Gasteiger partial charge in [-0.1, -0.05) is 48.0 Å². The Hall–Kier alpha value is -0.340. The molecule has 0 aromatic heterocycles. The van der Waals surface area contributed by atoms with Crippen molar-refractivity contribution in [3.63, 3.8) is 0 Å². The third-order valence-corrected chi connectivity index (χ3v) is 3.84. The zero-order valence-corrected chi connectivity index (χ0v) is 11.0. The molecule has 0 spiro atoms. The van der Waals surface area contributed by atoms with Crippen LogP contribution in [0.5, 0.6) is 0 Å². The quantitative estimate of drug-likeness (QED) is 0.881. The molecule has 2 rings (SSSR count). The van der Waals surface area contributed by atoms with Gasteiger partial charge >= 0.3 is 0 Å². The highest BCUT2D eigenvalue weighted by Gasteiger charge is 2.44. The molecular weight excluding hydrogens is 250 g/mol. The number of rotatable bonds is 4. The summed E-state index contributed by atoms with van der Waals surface area (Å²) in [7, 11) is 0. The predicted octanol–water partition coefficient (Wildman–Crippen LogP) is 3.48. The van der Waals surface area contributed by atoms with Crippen molar-refractivity contribution in [2.24, 2.45) is 0 Å². The number of hydrogen-bond donors (Lipinski definition) is 1. The lowest BCUT2D eigenvalue weighted by Crippen LogP contribution is -2.32. The summed E-state index contributed by atoms with van der Waals surface area (Å²) in [5.41, 5.74) is 1.88. The average molecular weight is 268 g/mol. The van der Waals surface area contributed by atoms with Crippen LogP contribution in [0.3, 0.4) is 0 Å². The number of benzene rings is 1. The van der Waals surface area contributed by atoms with Gasteiger partial charge in [-0.05, 0) is 24.5 Å². The maximum atomic E-state index is 3.65. The highest BCUT2D eigenvalue weighted by atomic mass is 79.9. The van der Waals surface area contributed by atoms with Gasteiger partial charge in [0.1, 0.15) is 0 Å². The Morgan fingerprint density at radius 1 is 1.33 bits per heavy atom. The van der Waals surface area contributed by atoms with Crippen LogP contribution in [-0.2, 0) is 5.41 Å². The van der Waals surface area contributed by atoms with Crippen LogP contribution in [0.2, 0.25) is 0 Å². The largest absolute Gasteiger partial charge is 0.314 e. The molecule has 0 amide bonds. The lowest BCUT2D eigenvalue weighted by Gasteiger charge is -2.19. The van der Waals surface area contributed by atoms with E-state index < -0.39 is 0 Å². The molecule has 15 heavy (non-hydrogen) atoms. The maximum Gasteiger partial charge on any atom is 0.0213 e. The molecule has 82 valence electrons. The first-order valence-corrected chi connectivity index (χ1v) is 6.42. The Balaban J connectivity index is 2.13. The number of nitrogens with one attached hydrogen (secondary N) is 1. The van der Waals surface area contributed by atoms with Crippen molar-refractivity contribution in [2.45, 2.75) is 38.1 Å². The molecular formula is C13H18BrN. The maximum absolute atomic E-state index is 3.65. The van der Waals surface area contributed by atoms with Crippen molar-refractivity contribution >= 4 is 15.9 Å². The van der Waals surface area contributed by atoms with Gasteiger partial charge in [0.25, 0.3) is 0 Å². The van der Waals surface area contributed by atoms with Crippen molar-refractivity contribution in [3.05, 3.63) is 34.3 Å². The fraction of sp³-hybridized carbons (Fsp3) is 0.538. The third-order valence-electron chi connectivity index (χ3n) is 3.15. The van der Waals surface area contributed by atoms with Crippen LogP contribution in [0.4, 0.5) is 0 Å². The van der Waals surface area contributed by atoms with E-state index in [0.717, 1.165) is 6.54 Å². The summed E-state index contributed by atoms with van der Waals surface area (Å²) < 4.78 is 1.26. The van der Waals surface area contributed by atoms with E-state index in [2.05, 4.69) is 59.4 Å². The number of hydrogen-bond acceptors (Lipinski definition) is 1. The van der Waals surface area contributed by atoms with Gasteiger partial charge in [-0.25, -0.2) is 0 Å². The van der Waals surface area contributed by atoms with Crippen LogP contribution in [0, 0.1) is 0 Å². The smallest absolute Gasteiger partial charge is 0.0213 e. The number of halogens is 1. The Labute approximate surface area is 100 Å². The summed E-state index contributed by atoms with van der Waals surface area (Å²) in [5.74, 6) is 0. The minimum absolute atomic E-state index is 0.407. The van der Waals surface area contributed by atoms with Gasteiger partial charge in [-0.15, -0.1) is 0 Å². The summed E-state index contributed by atoms with van der Waals surface area (Å²) in [6, 6.07) is 9.18. The molecule has 2 heteroatoms. The van der Waals surface area contributed by atoms with Gasteiger partial charge in [0.15, 0.2) is 0 Å². The SMILES string of the molecule is CC(C)NCC1(c2ccccc2Br)CC1. The molecule has 1 aromatic rings. The summed E-state index contributed by atoms with van der Waals surface area (Å²) in [6.45, 7) is 5.51. The molecule has 1 saturated carbocycles. The summed E-state index contributed by atoms with van der Waals surface area (Å²) in [5, 5.41) is 3.55. The Morgan fingerprint density at radius 2 is 2.00 bits per heavy atom. The summed E-state index contributed by atoms with van der Waals surface area (Å²) in [6.07, 6.45) is 2.63. The van der Waals surface area contributed by atoms with Gasteiger partial charge in [-0.2, -0.15) is 0 Å². The molecule has 1 aromatic carbocycles. The molecule has 1 N–H and O–H groups in total.